The lowest BCUT2D eigenvalue weighted by molar-refractivity contribution is -0.128. The van der Waals surface area contributed by atoms with Gasteiger partial charge in [0.05, 0.1) is 6.54 Å². The number of likely N-dealkylation sites (tertiary alicyclic amines) is 1. The smallest absolute Gasteiger partial charge is 0.315 e. The van der Waals surface area contributed by atoms with Crippen molar-refractivity contribution in [2.45, 2.75) is 38.9 Å². The molecule has 2 N–H and O–H groups in total. The number of carbonyl (C=O) groups excluding carboxylic acids is 2. The van der Waals surface area contributed by atoms with Gasteiger partial charge in [0.15, 0.2) is 5.82 Å². The van der Waals surface area contributed by atoms with Gasteiger partial charge in [0, 0.05) is 32.0 Å². The van der Waals surface area contributed by atoms with Crippen LogP contribution in [0.4, 0.5) is 9.18 Å². The molecule has 8 nitrogen and oxygen atoms in total. The number of hydrogen-bond donors (Lipinski definition) is 2. The lowest BCUT2D eigenvalue weighted by atomic mass is 10.1. The van der Waals surface area contributed by atoms with Crippen molar-refractivity contribution in [1.82, 2.24) is 25.7 Å². The highest BCUT2D eigenvalue weighted by atomic mass is 19.1. The van der Waals surface area contributed by atoms with Crippen LogP contribution in [0.25, 0.3) is 0 Å². The predicted octanol–water partition coefficient (Wildman–Crippen LogP) is 3.03. The summed E-state index contributed by atoms with van der Waals surface area (Å²) in [5.74, 6) is 0.206. The van der Waals surface area contributed by atoms with E-state index >= 15 is 0 Å². The normalized spacial score (nSPS) is 15.8. The van der Waals surface area contributed by atoms with Gasteiger partial charge in [-0.15, -0.1) is 0 Å². The number of hydrogen-bond acceptors (Lipinski definition) is 5. The minimum Gasteiger partial charge on any atom is -0.338 e. The fraction of sp³-hybridized carbons (Fsp3) is 0.304. The number of carbonyl (C=O) groups is 2. The van der Waals surface area contributed by atoms with E-state index in [0.29, 0.717) is 25.5 Å². The summed E-state index contributed by atoms with van der Waals surface area (Å²) < 4.78 is 18.3. The number of nitrogens with one attached hydrogen (secondary N) is 2. The van der Waals surface area contributed by atoms with Gasteiger partial charge in [0.1, 0.15) is 5.82 Å². The van der Waals surface area contributed by atoms with Crippen molar-refractivity contribution >= 4 is 11.9 Å². The van der Waals surface area contributed by atoms with Crippen LogP contribution in [0.2, 0.25) is 0 Å². The van der Waals surface area contributed by atoms with Crippen molar-refractivity contribution in [1.29, 1.82) is 0 Å². The Balaban J connectivity index is 1.25. The summed E-state index contributed by atoms with van der Waals surface area (Å²) >= 11 is 0. The number of rotatable bonds is 7. The average molecular weight is 437 g/mol. The molecule has 1 aliphatic heterocycles. The molecule has 0 radical (unpaired) electrons. The first-order valence-electron chi connectivity index (χ1n) is 10.4. The van der Waals surface area contributed by atoms with E-state index in [1.807, 2.05) is 31.2 Å². The van der Waals surface area contributed by atoms with Gasteiger partial charge >= 0.3 is 6.03 Å². The van der Waals surface area contributed by atoms with Crippen molar-refractivity contribution in [3.05, 3.63) is 82.8 Å². The molecule has 32 heavy (non-hydrogen) atoms. The number of halogens is 1. The molecule has 1 fully saturated rings. The molecule has 9 heteroatoms. The Kier molecular flexibility index (Phi) is 6.44. The lowest BCUT2D eigenvalue weighted by Gasteiger charge is -2.16. The summed E-state index contributed by atoms with van der Waals surface area (Å²) in [5.41, 5.74) is 3.02. The van der Waals surface area contributed by atoms with Gasteiger partial charge in [-0.1, -0.05) is 47.1 Å². The fourth-order valence-corrected chi connectivity index (χ4v) is 3.52. The zero-order valence-electron chi connectivity index (χ0n) is 17.7. The van der Waals surface area contributed by atoms with Crippen LogP contribution in [-0.4, -0.2) is 33.5 Å². The van der Waals surface area contributed by atoms with Gasteiger partial charge in [0.25, 0.3) is 0 Å². The third-order valence-corrected chi connectivity index (χ3v) is 5.32. The van der Waals surface area contributed by atoms with Crippen molar-refractivity contribution < 1.29 is 18.5 Å². The highest BCUT2D eigenvalue weighted by Crippen LogP contribution is 2.27. The second-order valence-electron chi connectivity index (χ2n) is 7.87. The standard InChI is InChI=1S/C23H24FN5O3/c1-15-2-4-16(5-3-15)11-25-23(31)26-12-20-27-22(28-32-20)18-10-21(30)29(14-18)13-17-6-8-19(24)9-7-17/h2-9,18H,10-14H2,1H3,(H2,25,26,31)/t18-/m1/s1. The van der Waals surface area contributed by atoms with Crippen LogP contribution >= 0.6 is 0 Å². The van der Waals surface area contributed by atoms with E-state index in [9.17, 15) is 14.0 Å². The summed E-state index contributed by atoms with van der Waals surface area (Å²) in [6, 6.07) is 13.6. The van der Waals surface area contributed by atoms with Gasteiger partial charge in [0.2, 0.25) is 11.8 Å². The molecular formula is C23H24FN5O3. The third kappa shape index (κ3) is 5.48. The van der Waals surface area contributed by atoms with E-state index in [4.69, 9.17) is 4.52 Å². The molecule has 2 aromatic carbocycles. The van der Waals surface area contributed by atoms with E-state index in [0.717, 1.165) is 16.7 Å². The second-order valence-corrected chi connectivity index (χ2v) is 7.87. The van der Waals surface area contributed by atoms with E-state index in [2.05, 4.69) is 20.8 Å². The predicted molar refractivity (Wildman–Crippen MR) is 114 cm³/mol. The first kappa shape index (κ1) is 21.5. The number of urea groups is 1. The molecule has 166 valence electrons. The Morgan fingerprint density at radius 3 is 2.53 bits per heavy atom. The maximum Gasteiger partial charge on any atom is 0.315 e. The molecular weight excluding hydrogens is 413 g/mol. The first-order valence-corrected chi connectivity index (χ1v) is 10.4. The number of amides is 3. The quantitative estimate of drug-likeness (QED) is 0.592. The van der Waals surface area contributed by atoms with Crippen LogP contribution in [-0.2, 0) is 24.4 Å². The molecule has 0 unspecified atom stereocenters. The zero-order valence-corrected chi connectivity index (χ0v) is 17.7. The number of aromatic nitrogens is 2. The van der Waals surface area contributed by atoms with Crippen molar-refractivity contribution in [2.24, 2.45) is 0 Å². The van der Waals surface area contributed by atoms with E-state index in [1.54, 1.807) is 17.0 Å². The molecule has 4 rings (SSSR count). The van der Waals surface area contributed by atoms with Crippen molar-refractivity contribution in [2.75, 3.05) is 6.54 Å². The maximum atomic E-state index is 13.1. The van der Waals surface area contributed by atoms with E-state index in [-0.39, 0.29) is 42.5 Å². The second kappa shape index (κ2) is 9.59. The Morgan fingerprint density at radius 1 is 1.09 bits per heavy atom. The van der Waals surface area contributed by atoms with Gasteiger partial charge in [-0.2, -0.15) is 4.98 Å². The van der Waals surface area contributed by atoms with Crippen molar-refractivity contribution in [3.63, 3.8) is 0 Å². The Bertz CT molecular complexity index is 1080. The summed E-state index contributed by atoms with van der Waals surface area (Å²) in [4.78, 5) is 30.4. The topological polar surface area (TPSA) is 100 Å². The first-order chi connectivity index (χ1) is 15.5. The molecule has 3 amide bonds. The number of benzene rings is 2. The van der Waals surface area contributed by atoms with E-state index in [1.165, 1.54) is 12.1 Å². The molecule has 2 heterocycles. The summed E-state index contributed by atoms with van der Waals surface area (Å²) in [6.45, 7) is 3.37. The van der Waals surface area contributed by atoms with E-state index < -0.39 is 0 Å². The molecule has 1 aromatic heterocycles. The highest BCUT2D eigenvalue weighted by molar-refractivity contribution is 5.79. The van der Waals surface area contributed by atoms with Crippen LogP contribution in [0.3, 0.4) is 0 Å². The molecule has 0 saturated carbocycles. The van der Waals surface area contributed by atoms with Crippen molar-refractivity contribution in [3.8, 4) is 0 Å². The average Bonchev–Trinajstić information content (AvgIpc) is 3.40. The summed E-state index contributed by atoms with van der Waals surface area (Å²) in [6.07, 6.45) is 0.282. The number of nitrogens with zero attached hydrogens (tertiary/aromatic N) is 3. The Hall–Kier alpha value is -3.75. The Morgan fingerprint density at radius 2 is 1.78 bits per heavy atom. The number of aryl methyl sites for hydroxylation is 1. The highest BCUT2D eigenvalue weighted by Gasteiger charge is 2.33. The van der Waals surface area contributed by atoms with Gasteiger partial charge < -0.3 is 20.1 Å². The van der Waals surface area contributed by atoms with Crippen LogP contribution in [0.5, 0.6) is 0 Å². The van der Waals surface area contributed by atoms with Crippen LogP contribution < -0.4 is 10.6 Å². The molecule has 1 saturated heterocycles. The monoisotopic (exact) mass is 437 g/mol. The van der Waals surface area contributed by atoms with Crippen LogP contribution in [0.15, 0.2) is 53.1 Å². The third-order valence-electron chi connectivity index (χ3n) is 5.32. The molecule has 0 spiro atoms. The minimum atomic E-state index is -0.341. The van der Waals surface area contributed by atoms with Gasteiger partial charge in [-0.3, -0.25) is 4.79 Å². The minimum absolute atomic E-state index is 0.0146. The Labute approximate surface area is 184 Å². The molecule has 3 aromatic rings. The van der Waals surface area contributed by atoms with Gasteiger partial charge in [-0.25, -0.2) is 9.18 Å². The van der Waals surface area contributed by atoms with Gasteiger partial charge in [-0.05, 0) is 30.2 Å². The largest absolute Gasteiger partial charge is 0.338 e. The molecule has 1 atom stereocenters. The lowest BCUT2D eigenvalue weighted by Crippen LogP contribution is -2.34. The fourth-order valence-electron chi connectivity index (χ4n) is 3.52. The molecule has 1 aliphatic rings. The van der Waals surface area contributed by atoms with Crippen LogP contribution in [0, 0.1) is 12.7 Å². The molecule has 0 aliphatic carbocycles. The SMILES string of the molecule is Cc1ccc(CNC(=O)NCc2nc([C@@H]3CC(=O)N(Cc4ccc(F)cc4)C3)no2)cc1. The summed E-state index contributed by atoms with van der Waals surface area (Å²) in [7, 11) is 0. The molecule has 0 bridgehead atoms. The van der Waals surface area contributed by atoms with Crippen LogP contribution in [0.1, 0.15) is 40.7 Å². The zero-order chi connectivity index (χ0) is 22.5. The maximum absolute atomic E-state index is 13.1. The summed E-state index contributed by atoms with van der Waals surface area (Å²) in [5, 5.41) is 9.44.